The molecule has 1 aromatic rings. The van der Waals surface area contributed by atoms with Crippen molar-refractivity contribution in [2.75, 3.05) is 0 Å². The highest BCUT2D eigenvalue weighted by Gasteiger charge is 2.36. The number of hydrogen-bond acceptors (Lipinski definition) is 0. The first-order valence-electron chi connectivity index (χ1n) is 4.31. The Labute approximate surface area is 82.8 Å². The van der Waals surface area contributed by atoms with E-state index in [9.17, 15) is 13.2 Å². The van der Waals surface area contributed by atoms with Gasteiger partial charge in [-0.25, -0.2) is 0 Å². The van der Waals surface area contributed by atoms with Crippen LogP contribution >= 0.6 is 0 Å². The zero-order chi connectivity index (χ0) is 11.0. The van der Waals surface area contributed by atoms with Crippen LogP contribution in [0.1, 0.15) is 5.56 Å². The molecule has 0 saturated carbocycles. The molecule has 0 atom stereocenters. The topological polar surface area (TPSA) is 0 Å². The molecule has 0 bridgehead atoms. The minimum Gasteiger partial charge on any atom is -0.166 e. The second-order valence-electron chi connectivity index (χ2n) is 4.21. The third-order valence-electron chi connectivity index (χ3n) is 1.95. The monoisotopic (exact) mass is 217 g/mol. The van der Waals surface area contributed by atoms with Crippen LogP contribution < -0.4 is 5.19 Å². The Morgan fingerprint density at radius 2 is 1.79 bits per heavy atom. The maximum atomic E-state index is 12.6. The number of hydrogen-bond donors (Lipinski definition) is 0. The Hall–Kier alpha value is -0.773. The molecule has 77 valence electrons. The zero-order valence-corrected chi connectivity index (χ0v) is 9.37. The Balaban J connectivity index is 3.31. The lowest BCUT2D eigenvalue weighted by Crippen LogP contribution is -2.42. The first-order valence-corrected chi connectivity index (χ1v) is 7.81. The number of halogens is 3. The van der Waals surface area contributed by atoms with Crippen molar-refractivity contribution in [2.24, 2.45) is 0 Å². The predicted octanol–water partition coefficient (Wildman–Crippen LogP) is 3.05. The predicted molar refractivity (Wildman–Crippen MR) is 53.3 cm³/mol. The lowest BCUT2D eigenvalue weighted by Gasteiger charge is -2.21. The molecule has 0 amide bonds. The average molecular weight is 217 g/mol. The third-order valence-corrected chi connectivity index (χ3v) is 3.98. The molecule has 0 fully saturated rings. The van der Waals surface area contributed by atoms with Crippen LogP contribution in [0.5, 0.6) is 0 Å². The molecule has 1 rings (SSSR count). The largest absolute Gasteiger partial charge is 0.416 e. The standard InChI is InChI=1S/C10H12F3Si/c1-14(2,3)9-7-5-4-6-8(9)10(11,12)13/h4-5,7H,1-3H3. The summed E-state index contributed by atoms with van der Waals surface area (Å²) in [4.78, 5) is 0. The fraction of sp³-hybridized carbons (Fsp3) is 0.400. The maximum Gasteiger partial charge on any atom is 0.416 e. The fourth-order valence-corrected chi connectivity index (χ4v) is 2.86. The van der Waals surface area contributed by atoms with E-state index in [2.05, 4.69) is 6.07 Å². The van der Waals surface area contributed by atoms with E-state index in [1.165, 1.54) is 6.07 Å². The Bertz CT molecular complexity index is 290. The average Bonchev–Trinajstić information content (AvgIpc) is 2.01. The summed E-state index contributed by atoms with van der Waals surface area (Å²) < 4.78 is 37.7. The van der Waals surface area contributed by atoms with Crippen molar-refractivity contribution in [1.82, 2.24) is 0 Å². The summed E-state index contributed by atoms with van der Waals surface area (Å²) in [5.41, 5.74) is -0.598. The number of benzene rings is 1. The van der Waals surface area contributed by atoms with E-state index >= 15 is 0 Å². The molecule has 0 N–H and O–H groups in total. The summed E-state index contributed by atoms with van der Waals surface area (Å²) in [6.07, 6.45) is -4.28. The normalized spacial score (nSPS) is 13.0. The first kappa shape index (κ1) is 11.3. The van der Waals surface area contributed by atoms with Gasteiger partial charge in [0.25, 0.3) is 0 Å². The zero-order valence-electron chi connectivity index (χ0n) is 8.37. The molecule has 0 spiro atoms. The van der Waals surface area contributed by atoms with Crippen LogP contribution in [0, 0.1) is 6.07 Å². The van der Waals surface area contributed by atoms with Crippen LogP contribution in [-0.2, 0) is 6.18 Å². The van der Waals surface area contributed by atoms with Gasteiger partial charge in [0.05, 0.1) is 13.6 Å². The van der Waals surface area contributed by atoms with Crippen molar-refractivity contribution < 1.29 is 13.2 Å². The molecule has 14 heavy (non-hydrogen) atoms. The van der Waals surface area contributed by atoms with Crippen LogP contribution in [-0.4, -0.2) is 8.07 Å². The van der Waals surface area contributed by atoms with E-state index in [-0.39, 0.29) is 0 Å². The van der Waals surface area contributed by atoms with Gasteiger partial charge < -0.3 is 0 Å². The van der Waals surface area contributed by atoms with Gasteiger partial charge in [0.15, 0.2) is 0 Å². The van der Waals surface area contributed by atoms with Gasteiger partial charge >= 0.3 is 6.18 Å². The Morgan fingerprint density at radius 1 is 1.21 bits per heavy atom. The van der Waals surface area contributed by atoms with Gasteiger partial charge in [-0.1, -0.05) is 37.8 Å². The summed E-state index contributed by atoms with van der Waals surface area (Å²) >= 11 is 0. The summed E-state index contributed by atoms with van der Waals surface area (Å²) in [6, 6.07) is 6.78. The van der Waals surface area contributed by atoms with Crippen molar-refractivity contribution in [3.63, 3.8) is 0 Å². The molecule has 4 heteroatoms. The van der Waals surface area contributed by atoms with E-state index in [4.69, 9.17) is 0 Å². The summed E-state index contributed by atoms with van der Waals surface area (Å²) in [7, 11) is -1.94. The van der Waals surface area contributed by atoms with Crippen molar-refractivity contribution in [3.8, 4) is 0 Å². The lowest BCUT2D eigenvalue weighted by atomic mass is 10.2. The van der Waals surface area contributed by atoms with Gasteiger partial charge in [-0.15, -0.1) is 0 Å². The molecular weight excluding hydrogens is 205 g/mol. The van der Waals surface area contributed by atoms with E-state index in [1.54, 1.807) is 12.1 Å². The van der Waals surface area contributed by atoms with E-state index in [0.717, 1.165) is 0 Å². The molecule has 1 aromatic carbocycles. The smallest absolute Gasteiger partial charge is 0.166 e. The van der Waals surface area contributed by atoms with Gasteiger partial charge in [0.1, 0.15) is 0 Å². The van der Waals surface area contributed by atoms with Crippen molar-refractivity contribution in [2.45, 2.75) is 25.8 Å². The Kier molecular flexibility index (Phi) is 2.76. The fourth-order valence-electron chi connectivity index (χ4n) is 1.30. The summed E-state index contributed by atoms with van der Waals surface area (Å²) in [5, 5.41) is 0.424. The van der Waals surface area contributed by atoms with Crippen molar-refractivity contribution in [1.29, 1.82) is 0 Å². The molecular formula is C10H12F3Si. The van der Waals surface area contributed by atoms with Gasteiger partial charge in [-0.3, -0.25) is 0 Å². The Morgan fingerprint density at radius 3 is 2.14 bits per heavy atom. The van der Waals surface area contributed by atoms with Gasteiger partial charge in [-0.05, 0) is 11.3 Å². The highest BCUT2D eigenvalue weighted by Crippen LogP contribution is 2.28. The summed E-state index contributed by atoms with van der Waals surface area (Å²) in [5.74, 6) is 0. The minimum absolute atomic E-state index is 0.424. The molecule has 0 aromatic heterocycles. The first-order chi connectivity index (χ1) is 6.23. The van der Waals surface area contributed by atoms with Gasteiger partial charge in [0.2, 0.25) is 0 Å². The molecule has 0 heterocycles. The lowest BCUT2D eigenvalue weighted by molar-refractivity contribution is -0.137. The van der Waals surface area contributed by atoms with E-state index in [0.29, 0.717) is 5.19 Å². The summed E-state index contributed by atoms with van der Waals surface area (Å²) in [6.45, 7) is 5.68. The second-order valence-corrected chi connectivity index (χ2v) is 9.25. The van der Waals surface area contributed by atoms with Crippen molar-refractivity contribution in [3.05, 3.63) is 29.8 Å². The van der Waals surface area contributed by atoms with Gasteiger partial charge in [0, 0.05) is 0 Å². The van der Waals surface area contributed by atoms with Crippen molar-refractivity contribution >= 4 is 13.3 Å². The SMILES string of the molecule is C[Si](C)(C)c1ccc[c]c1C(F)(F)F. The minimum atomic E-state index is -4.28. The highest BCUT2D eigenvalue weighted by molar-refractivity contribution is 6.89. The number of alkyl halides is 3. The quantitative estimate of drug-likeness (QED) is 0.634. The molecule has 0 unspecified atom stereocenters. The van der Waals surface area contributed by atoms with Gasteiger partial charge in [-0.2, -0.15) is 13.2 Å². The van der Waals surface area contributed by atoms with Crippen LogP contribution in [0.25, 0.3) is 0 Å². The molecule has 0 aliphatic carbocycles. The molecule has 1 radical (unpaired) electrons. The molecule has 0 saturated heterocycles. The van der Waals surface area contributed by atoms with E-state index in [1.807, 2.05) is 19.6 Å². The van der Waals surface area contributed by atoms with Crippen LogP contribution in [0.4, 0.5) is 13.2 Å². The molecule has 0 aliphatic rings. The van der Waals surface area contributed by atoms with Crippen LogP contribution in [0.2, 0.25) is 19.6 Å². The highest BCUT2D eigenvalue weighted by atomic mass is 28.3. The van der Waals surface area contributed by atoms with Crippen LogP contribution in [0.15, 0.2) is 18.2 Å². The van der Waals surface area contributed by atoms with Crippen LogP contribution in [0.3, 0.4) is 0 Å². The maximum absolute atomic E-state index is 12.6. The number of rotatable bonds is 1. The van der Waals surface area contributed by atoms with E-state index < -0.39 is 19.8 Å². The molecule has 0 nitrogen and oxygen atoms in total. The third kappa shape index (κ3) is 2.38. The molecule has 0 aliphatic heterocycles. The second kappa shape index (κ2) is 3.42.